The van der Waals surface area contributed by atoms with Crippen LogP contribution in [0.5, 0.6) is 5.75 Å². The van der Waals surface area contributed by atoms with Crippen molar-refractivity contribution in [2.75, 3.05) is 17.2 Å². The van der Waals surface area contributed by atoms with Crippen LogP contribution in [0.1, 0.15) is 0 Å². The van der Waals surface area contributed by atoms with Crippen molar-refractivity contribution in [1.82, 2.24) is 20.2 Å². The molecule has 2 heterocycles. The average Bonchev–Trinajstić information content (AvgIpc) is 3.41. The Morgan fingerprint density at radius 1 is 0.838 bits per heavy atom. The van der Waals surface area contributed by atoms with Crippen LogP contribution in [0.2, 0.25) is 0 Å². The Balaban J connectivity index is 1.26. The Bertz CT molecular complexity index is 1710. The van der Waals surface area contributed by atoms with E-state index in [1.807, 2.05) is 91.0 Å². The number of anilines is 3. The van der Waals surface area contributed by atoms with Crippen molar-refractivity contribution in [3.8, 4) is 17.1 Å². The van der Waals surface area contributed by atoms with Crippen LogP contribution >= 0.6 is 0 Å². The van der Waals surface area contributed by atoms with Crippen LogP contribution in [0.25, 0.3) is 33.2 Å². The number of H-pyrrole nitrogens is 1. The second-order valence-corrected chi connectivity index (χ2v) is 8.44. The summed E-state index contributed by atoms with van der Waals surface area (Å²) in [4.78, 5) is 21.9. The predicted octanol–water partition coefficient (Wildman–Crippen LogP) is 5.93. The molecule has 0 aliphatic carbocycles. The van der Waals surface area contributed by atoms with E-state index in [-0.39, 0.29) is 12.5 Å². The van der Waals surface area contributed by atoms with Gasteiger partial charge in [0.2, 0.25) is 0 Å². The van der Waals surface area contributed by atoms with Crippen molar-refractivity contribution < 1.29 is 9.53 Å². The molecule has 0 spiro atoms. The second kappa shape index (κ2) is 9.79. The maximum atomic E-state index is 12.3. The number of hydrogen-bond acceptors (Lipinski definition) is 6. The molecular weight excluding hydrogens is 464 g/mol. The number of carbonyl (C=O) groups excluding carboxylic acids is 1. The van der Waals surface area contributed by atoms with E-state index in [1.165, 1.54) is 0 Å². The summed E-state index contributed by atoms with van der Waals surface area (Å²) in [5.74, 6) is 1.55. The van der Waals surface area contributed by atoms with E-state index in [0.717, 1.165) is 38.7 Å². The predicted molar refractivity (Wildman–Crippen MR) is 145 cm³/mol. The third-order valence-electron chi connectivity index (χ3n) is 5.83. The molecule has 8 heteroatoms. The van der Waals surface area contributed by atoms with Crippen LogP contribution in [0.4, 0.5) is 17.2 Å². The Morgan fingerprint density at radius 3 is 2.62 bits per heavy atom. The molecule has 0 bridgehead atoms. The number of para-hydroxylation sites is 2. The third-order valence-corrected chi connectivity index (χ3v) is 5.83. The molecule has 0 unspecified atom stereocenters. The van der Waals surface area contributed by atoms with E-state index in [4.69, 9.17) is 14.7 Å². The van der Waals surface area contributed by atoms with Gasteiger partial charge >= 0.3 is 0 Å². The zero-order valence-electron chi connectivity index (χ0n) is 19.7. The largest absolute Gasteiger partial charge is 0.484 e. The van der Waals surface area contributed by atoms with Crippen LogP contribution in [0.3, 0.4) is 0 Å². The Kier molecular flexibility index (Phi) is 5.88. The summed E-state index contributed by atoms with van der Waals surface area (Å²) in [5.41, 5.74) is 4.17. The quantitative estimate of drug-likeness (QED) is 0.258. The minimum atomic E-state index is -0.236. The Hall–Kier alpha value is -5.24. The fraction of sp³-hybridized carbons (Fsp3) is 0.0345. The first-order valence-corrected chi connectivity index (χ1v) is 11.8. The molecule has 3 N–H and O–H groups in total. The maximum absolute atomic E-state index is 12.3. The summed E-state index contributed by atoms with van der Waals surface area (Å²) in [6, 6.07) is 30.5. The van der Waals surface area contributed by atoms with E-state index in [9.17, 15) is 4.79 Å². The summed E-state index contributed by atoms with van der Waals surface area (Å²) in [6.45, 7) is -0.111. The first-order valence-electron chi connectivity index (χ1n) is 11.8. The lowest BCUT2D eigenvalue weighted by Gasteiger charge is -2.12. The van der Waals surface area contributed by atoms with E-state index in [2.05, 4.69) is 20.8 Å². The topological polar surface area (TPSA) is 105 Å². The Labute approximate surface area is 212 Å². The van der Waals surface area contributed by atoms with Crippen LogP contribution in [0, 0.1) is 0 Å². The molecule has 0 fully saturated rings. The van der Waals surface area contributed by atoms with Gasteiger partial charge < -0.3 is 15.4 Å². The summed E-state index contributed by atoms with van der Waals surface area (Å²) in [7, 11) is 0. The number of aromatic amines is 1. The average molecular weight is 487 g/mol. The van der Waals surface area contributed by atoms with E-state index >= 15 is 0 Å². The van der Waals surface area contributed by atoms with E-state index in [0.29, 0.717) is 17.4 Å². The van der Waals surface area contributed by atoms with E-state index < -0.39 is 0 Å². The Morgan fingerprint density at radius 2 is 1.70 bits per heavy atom. The highest BCUT2D eigenvalue weighted by Crippen LogP contribution is 2.29. The molecule has 0 aliphatic rings. The van der Waals surface area contributed by atoms with Gasteiger partial charge in [-0.05, 0) is 54.6 Å². The fourth-order valence-corrected chi connectivity index (χ4v) is 4.05. The molecule has 0 saturated carbocycles. The van der Waals surface area contributed by atoms with Gasteiger partial charge in [0.1, 0.15) is 11.6 Å². The van der Waals surface area contributed by atoms with Crippen molar-refractivity contribution in [2.24, 2.45) is 0 Å². The summed E-state index contributed by atoms with van der Waals surface area (Å²) in [6.07, 6.45) is 1.79. The van der Waals surface area contributed by atoms with Gasteiger partial charge in [0, 0.05) is 27.7 Å². The number of ether oxygens (including phenoxy) is 1. The molecule has 6 aromatic rings. The zero-order valence-corrected chi connectivity index (χ0v) is 19.7. The standard InChI is InChI=1S/C29H22N6O2/c36-27(31-21-8-2-1-3-9-21)18-37-23-10-6-7-19(16-23)28-33-26-12-5-4-11-24(26)29(34-28)32-22-13-14-25-20(15-22)17-30-35-25/h1-17H,18H2,(H,30,35)(H,31,36)(H,32,33,34). The van der Waals surface area contributed by atoms with Crippen LogP contribution in [-0.4, -0.2) is 32.7 Å². The monoisotopic (exact) mass is 486 g/mol. The summed E-state index contributed by atoms with van der Waals surface area (Å²) in [5, 5.41) is 15.2. The molecule has 0 saturated heterocycles. The number of nitrogens with one attached hydrogen (secondary N) is 3. The summed E-state index contributed by atoms with van der Waals surface area (Å²) >= 11 is 0. The zero-order chi connectivity index (χ0) is 25.0. The van der Waals surface area contributed by atoms with Crippen molar-refractivity contribution in [2.45, 2.75) is 0 Å². The number of benzene rings is 4. The van der Waals surface area contributed by atoms with Crippen LogP contribution in [0.15, 0.2) is 103 Å². The van der Waals surface area contributed by atoms with Gasteiger partial charge in [0.25, 0.3) is 5.91 Å². The molecule has 2 aromatic heterocycles. The fourth-order valence-electron chi connectivity index (χ4n) is 4.05. The number of hydrogen-bond donors (Lipinski definition) is 3. The van der Waals surface area contributed by atoms with Gasteiger partial charge in [-0.25, -0.2) is 9.97 Å². The number of fused-ring (bicyclic) bond motifs is 2. The lowest BCUT2D eigenvalue weighted by atomic mass is 10.1. The number of rotatable bonds is 7. The number of aromatic nitrogens is 4. The summed E-state index contributed by atoms with van der Waals surface area (Å²) < 4.78 is 5.76. The molecule has 8 nitrogen and oxygen atoms in total. The van der Waals surface area contributed by atoms with Crippen molar-refractivity contribution in [1.29, 1.82) is 0 Å². The van der Waals surface area contributed by atoms with Crippen molar-refractivity contribution >= 4 is 44.9 Å². The minimum absolute atomic E-state index is 0.111. The molecule has 4 aromatic carbocycles. The number of carbonyl (C=O) groups is 1. The van der Waals surface area contributed by atoms with Gasteiger partial charge in [-0.1, -0.05) is 42.5 Å². The first kappa shape index (κ1) is 22.2. The lowest BCUT2D eigenvalue weighted by molar-refractivity contribution is -0.118. The molecule has 37 heavy (non-hydrogen) atoms. The molecule has 0 aliphatic heterocycles. The van der Waals surface area contributed by atoms with Gasteiger partial charge in [-0.2, -0.15) is 5.10 Å². The molecule has 180 valence electrons. The SMILES string of the molecule is O=C(COc1cccc(-c2nc(Nc3ccc4[nH]ncc4c3)c3ccccc3n2)c1)Nc1ccccc1. The highest BCUT2D eigenvalue weighted by atomic mass is 16.5. The second-order valence-electron chi connectivity index (χ2n) is 8.44. The van der Waals surface area contributed by atoms with Gasteiger partial charge in [0.15, 0.2) is 12.4 Å². The van der Waals surface area contributed by atoms with Crippen molar-refractivity contribution in [3.63, 3.8) is 0 Å². The first-order chi connectivity index (χ1) is 18.2. The van der Waals surface area contributed by atoms with Gasteiger partial charge in [-0.3, -0.25) is 9.89 Å². The van der Waals surface area contributed by atoms with Crippen molar-refractivity contribution in [3.05, 3.63) is 103 Å². The normalized spacial score (nSPS) is 10.9. The smallest absolute Gasteiger partial charge is 0.262 e. The van der Waals surface area contributed by atoms with Gasteiger partial charge in [0.05, 0.1) is 17.2 Å². The lowest BCUT2D eigenvalue weighted by Crippen LogP contribution is -2.20. The third kappa shape index (κ3) is 4.94. The molecular formula is C29H22N6O2. The number of amides is 1. The number of nitrogens with zero attached hydrogens (tertiary/aromatic N) is 3. The molecule has 0 radical (unpaired) electrons. The molecule has 0 atom stereocenters. The molecule has 6 rings (SSSR count). The highest BCUT2D eigenvalue weighted by Gasteiger charge is 2.12. The van der Waals surface area contributed by atoms with E-state index in [1.54, 1.807) is 12.3 Å². The molecule has 1 amide bonds. The minimum Gasteiger partial charge on any atom is -0.484 e. The van der Waals surface area contributed by atoms with Crippen LogP contribution in [-0.2, 0) is 4.79 Å². The maximum Gasteiger partial charge on any atom is 0.262 e. The highest BCUT2D eigenvalue weighted by molar-refractivity contribution is 5.93. The van der Waals surface area contributed by atoms with Crippen LogP contribution < -0.4 is 15.4 Å². The van der Waals surface area contributed by atoms with Gasteiger partial charge in [-0.15, -0.1) is 0 Å².